The molecule has 0 spiro atoms. The third kappa shape index (κ3) is 5.09. The zero-order valence-electron chi connectivity index (χ0n) is 19.2. The summed E-state index contributed by atoms with van der Waals surface area (Å²) in [7, 11) is 0. The minimum atomic E-state index is -0.662. The molecule has 32 heavy (non-hydrogen) atoms. The minimum absolute atomic E-state index is 0.00161. The maximum Gasteiger partial charge on any atom is 0.242 e. The number of carbonyl (C=O) groups is 4. The Hall–Kier alpha value is -2.96. The average Bonchev–Trinajstić information content (AvgIpc) is 3.04. The summed E-state index contributed by atoms with van der Waals surface area (Å²) >= 11 is 0. The first kappa shape index (κ1) is 23.7. The Morgan fingerprint density at radius 2 is 1.75 bits per heavy atom. The molecule has 2 aliphatic rings. The molecular formula is C25H33N3O4. The van der Waals surface area contributed by atoms with E-state index in [0.717, 1.165) is 17.5 Å². The van der Waals surface area contributed by atoms with Crippen molar-refractivity contribution in [2.24, 2.45) is 11.8 Å². The lowest BCUT2D eigenvalue weighted by Crippen LogP contribution is -2.48. The van der Waals surface area contributed by atoms with Crippen LogP contribution in [0.3, 0.4) is 0 Å². The molecule has 0 saturated carbocycles. The lowest BCUT2D eigenvalue weighted by Gasteiger charge is -2.30. The van der Waals surface area contributed by atoms with Crippen LogP contribution in [0.4, 0.5) is 0 Å². The van der Waals surface area contributed by atoms with E-state index in [1.54, 1.807) is 11.8 Å². The van der Waals surface area contributed by atoms with Crippen molar-refractivity contribution in [3.8, 4) is 0 Å². The van der Waals surface area contributed by atoms with Crippen LogP contribution in [0.2, 0.25) is 0 Å². The molecule has 4 amide bonds. The topological polar surface area (TPSA) is 86.8 Å². The molecule has 1 aliphatic heterocycles. The molecule has 1 fully saturated rings. The second-order valence-corrected chi connectivity index (χ2v) is 8.65. The monoisotopic (exact) mass is 439 g/mol. The largest absolute Gasteiger partial charge is 0.354 e. The van der Waals surface area contributed by atoms with Gasteiger partial charge >= 0.3 is 0 Å². The van der Waals surface area contributed by atoms with E-state index in [2.05, 4.69) is 5.32 Å². The number of hydrogen-bond acceptors (Lipinski definition) is 4. The van der Waals surface area contributed by atoms with Gasteiger partial charge in [0.15, 0.2) is 0 Å². The van der Waals surface area contributed by atoms with Gasteiger partial charge in [0.25, 0.3) is 0 Å². The summed E-state index contributed by atoms with van der Waals surface area (Å²) in [4.78, 5) is 54.1. The predicted molar refractivity (Wildman–Crippen MR) is 121 cm³/mol. The van der Waals surface area contributed by atoms with Crippen molar-refractivity contribution in [3.05, 3.63) is 47.5 Å². The van der Waals surface area contributed by atoms with Gasteiger partial charge in [0.1, 0.15) is 6.04 Å². The Balaban J connectivity index is 1.71. The second-order valence-electron chi connectivity index (χ2n) is 8.65. The van der Waals surface area contributed by atoms with E-state index in [0.29, 0.717) is 25.9 Å². The average molecular weight is 440 g/mol. The number of carbonyl (C=O) groups excluding carboxylic acids is 4. The first-order chi connectivity index (χ1) is 15.3. The van der Waals surface area contributed by atoms with Crippen LogP contribution in [0.1, 0.15) is 50.7 Å². The van der Waals surface area contributed by atoms with E-state index in [1.807, 2.05) is 50.3 Å². The summed E-state index contributed by atoms with van der Waals surface area (Å²) in [5, 5.41) is 2.85. The van der Waals surface area contributed by atoms with Gasteiger partial charge in [-0.25, -0.2) is 0 Å². The molecule has 0 bridgehead atoms. The molecule has 1 heterocycles. The van der Waals surface area contributed by atoms with Crippen LogP contribution in [-0.4, -0.2) is 52.6 Å². The second kappa shape index (κ2) is 10.6. The van der Waals surface area contributed by atoms with Crippen molar-refractivity contribution in [2.45, 2.75) is 59.0 Å². The summed E-state index contributed by atoms with van der Waals surface area (Å²) < 4.78 is 0. The number of imide groups is 1. The van der Waals surface area contributed by atoms with Crippen molar-refractivity contribution >= 4 is 23.6 Å². The first-order valence-electron chi connectivity index (χ1n) is 11.5. The Morgan fingerprint density at radius 3 is 2.34 bits per heavy atom. The molecular weight excluding hydrogens is 406 g/mol. The zero-order valence-corrected chi connectivity index (χ0v) is 19.2. The van der Waals surface area contributed by atoms with Crippen LogP contribution in [0, 0.1) is 18.8 Å². The molecule has 1 aromatic carbocycles. The van der Waals surface area contributed by atoms with Gasteiger partial charge < -0.3 is 10.2 Å². The number of nitrogens with zero attached hydrogens (tertiary/aromatic N) is 2. The van der Waals surface area contributed by atoms with Gasteiger partial charge in [-0.1, -0.05) is 43.3 Å². The molecule has 3 atom stereocenters. The molecule has 1 unspecified atom stereocenters. The highest BCUT2D eigenvalue weighted by Gasteiger charge is 2.47. The van der Waals surface area contributed by atoms with E-state index >= 15 is 0 Å². The van der Waals surface area contributed by atoms with Crippen molar-refractivity contribution in [2.75, 3.05) is 13.1 Å². The van der Waals surface area contributed by atoms with Crippen LogP contribution in [0.25, 0.3) is 0 Å². The van der Waals surface area contributed by atoms with Crippen LogP contribution >= 0.6 is 0 Å². The summed E-state index contributed by atoms with van der Waals surface area (Å²) in [5.41, 5.74) is 1.99. The molecule has 1 saturated heterocycles. The number of rotatable bonds is 9. The standard InChI is InChI=1S/C25H33N3O4/c1-4-14-26-23(30)18(3)28(16-19-10-6-5-9-17(19)2)22(29)13-15-27-24(31)20-11-7-8-12-21(20)25(27)32/h5-10,18,20-21H,4,11-16H2,1-3H3,(H,26,30)/t18?,20-,21+. The third-order valence-electron chi connectivity index (χ3n) is 6.47. The van der Waals surface area contributed by atoms with E-state index < -0.39 is 6.04 Å². The van der Waals surface area contributed by atoms with Crippen molar-refractivity contribution < 1.29 is 19.2 Å². The molecule has 1 aromatic rings. The fourth-order valence-corrected chi connectivity index (χ4v) is 4.39. The Labute approximate surface area is 189 Å². The van der Waals surface area contributed by atoms with Crippen LogP contribution in [0.5, 0.6) is 0 Å². The highest BCUT2D eigenvalue weighted by atomic mass is 16.2. The summed E-state index contributed by atoms with van der Waals surface area (Å²) in [6.45, 7) is 6.55. The van der Waals surface area contributed by atoms with E-state index in [4.69, 9.17) is 0 Å². The van der Waals surface area contributed by atoms with Gasteiger partial charge in [-0.05, 0) is 44.2 Å². The smallest absolute Gasteiger partial charge is 0.242 e. The van der Waals surface area contributed by atoms with Crippen molar-refractivity contribution in [1.29, 1.82) is 0 Å². The molecule has 0 radical (unpaired) electrons. The molecule has 7 heteroatoms. The van der Waals surface area contributed by atoms with Crippen LogP contribution in [-0.2, 0) is 25.7 Å². The zero-order chi connectivity index (χ0) is 23.3. The normalized spacial score (nSPS) is 20.8. The lowest BCUT2D eigenvalue weighted by molar-refractivity contribution is -0.143. The Kier molecular flexibility index (Phi) is 7.83. The van der Waals surface area contributed by atoms with E-state index in [1.165, 1.54) is 4.90 Å². The Morgan fingerprint density at radius 1 is 1.12 bits per heavy atom. The van der Waals surface area contributed by atoms with Crippen molar-refractivity contribution in [3.63, 3.8) is 0 Å². The van der Waals surface area contributed by atoms with Gasteiger partial charge in [0.2, 0.25) is 23.6 Å². The fourth-order valence-electron chi connectivity index (χ4n) is 4.39. The van der Waals surface area contributed by atoms with Crippen LogP contribution in [0.15, 0.2) is 36.4 Å². The highest BCUT2D eigenvalue weighted by molar-refractivity contribution is 6.05. The predicted octanol–water partition coefficient (Wildman–Crippen LogP) is 2.58. The number of aryl methyl sites for hydroxylation is 1. The molecule has 172 valence electrons. The van der Waals surface area contributed by atoms with Crippen LogP contribution < -0.4 is 5.32 Å². The van der Waals surface area contributed by atoms with E-state index in [-0.39, 0.29) is 48.4 Å². The fraction of sp³-hybridized carbons (Fsp3) is 0.520. The Bertz CT molecular complexity index is 884. The van der Waals surface area contributed by atoms with Crippen molar-refractivity contribution in [1.82, 2.24) is 15.1 Å². The molecule has 1 N–H and O–H groups in total. The lowest BCUT2D eigenvalue weighted by atomic mass is 9.85. The SMILES string of the molecule is CCCNC(=O)C(C)N(Cc1ccccc1C)C(=O)CCN1C(=O)[C@H]2CC=CC[C@H]2C1=O. The number of fused-ring (bicyclic) bond motifs is 1. The molecule has 7 nitrogen and oxygen atoms in total. The summed E-state index contributed by atoms with van der Waals surface area (Å²) in [6, 6.07) is 7.09. The maximum absolute atomic E-state index is 13.2. The number of benzene rings is 1. The van der Waals surface area contributed by atoms with Gasteiger partial charge in [-0.2, -0.15) is 0 Å². The number of nitrogens with one attached hydrogen (secondary N) is 1. The molecule has 0 aromatic heterocycles. The van der Waals surface area contributed by atoms with E-state index in [9.17, 15) is 19.2 Å². The number of hydrogen-bond donors (Lipinski definition) is 1. The number of amides is 4. The quantitative estimate of drug-likeness (QED) is 0.473. The highest BCUT2D eigenvalue weighted by Crippen LogP contribution is 2.35. The summed E-state index contributed by atoms with van der Waals surface area (Å²) in [5.74, 6) is -1.43. The van der Waals surface area contributed by atoms with Gasteiger partial charge in [0, 0.05) is 26.1 Å². The maximum atomic E-state index is 13.2. The first-order valence-corrected chi connectivity index (χ1v) is 11.5. The summed E-state index contributed by atoms with van der Waals surface area (Å²) in [6.07, 6.45) is 5.85. The molecule has 3 rings (SSSR count). The number of allylic oxidation sites excluding steroid dienone is 2. The minimum Gasteiger partial charge on any atom is -0.354 e. The third-order valence-corrected chi connectivity index (χ3v) is 6.47. The van der Waals surface area contributed by atoms with Gasteiger partial charge in [-0.3, -0.25) is 24.1 Å². The molecule has 1 aliphatic carbocycles. The van der Waals surface area contributed by atoms with Gasteiger partial charge in [-0.15, -0.1) is 0 Å². The van der Waals surface area contributed by atoms with Gasteiger partial charge in [0.05, 0.1) is 11.8 Å². The number of likely N-dealkylation sites (tertiary alicyclic amines) is 1.